The first-order valence-corrected chi connectivity index (χ1v) is 7.21. The van der Waals surface area contributed by atoms with Crippen LogP contribution in [0.25, 0.3) is 0 Å². The van der Waals surface area contributed by atoms with E-state index in [-0.39, 0.29) is 5.91 Å². The average Bonchev–Trinajstić information content (AvgIpc) is 3.06. The highest BCUT2D eigenvalue weighted by atomic mass is 32.2. The summed E-state index contributed by atoms with van der Waals surface area (Å²) in [5.74, 6) is 1.30. The zero-order valence-corrected chi connectivity index (χ0v) is 11.7. The Kier molecular flexibility index (Phi) is 5.09. The summed E-state index contributed by atoms with van der Waals surface area (Å²) in [6.07, 6.45) is 6.21. The van der Waals surface area contributed by atoms with Crippen LogP contribution in [0.4, 0.5) is 0 Å². The molecule has 2 heterocycles. The predicted octanol–water partition coefficient (Wildman–Crippen LogP) is 2.14. The molecular weight excluding hydrogens is 262 g/mol. The van der Waals surface area contributed by atoms with Crippen LogP contribution < -0.4 is 5.32 Å². The van der Waals surface area contributed by atoms with Gasteiger partial charge in [-0.05, 0) is 18.6 Å². The maximum atomic E-state index is 11.5. The van der Waals surface area contributed by atoms with Crippen molar-refractivity contribution in [3.05, 3.63) is 36.5 Å². The van der Waals surface area contributed by atoms with Gasteiger partial charge in [0, 0.05) is 18.9 Å². The first-order valence-electron chi connectivity index (χ1n) is 6.22. The van der Waals surface area contributed by atoms with Gasteiger partial charge in [0.25, 0.3) is 0 Å². The Morgan fingerprint density at radius 2 is 2.47 bits per heavy atom. The average molecular weight is 279 g/mol. The number of amides is 1. The number of nitrogens with one attached hydrogen (secondary N) is 1. The molecule has 0 atom stereocenters. The van der Waals surface area contributed by atoms with Crippen LogP contribution >= 0.6 is 11.8 Å². The number of aromatic nitrogens is 2. The van der Waals surface area contributed by atoms with Crippen molar-refractivity contribution in [1.82, 2.24) is 14.9 Å². The van der Waals surface area contributed by atoms with Gasteiger partial charge in [-0.2, -0.15) is 0 Å². The lowest BCUT2D eigenvalue weighted by Gasteiger charge is -2.06. The van der Waals surface area contributed by atoms with Crippen molar-refractivity contribution >= 4 is 17.7 Å². The molecule has 0 aliphatic carbocycles. The molecule has 0 spiro atoms. The Hall–Kier alpha value is -1.69. The van der Waals surface area contributed by atoms with E-state index in [1.807, 2.05) is 29.8 Å². The number of carbonyl (C=O) groups excluding carboxylic acids is 1. The summed E-state index contributed by atoms with van der Waals surface area (Å²) in [7, 11) is 0. The van der Waals surface area contributed by atoms with Crippen molar-refractivity contribution in [1.29, 1.82) is 0 Å². The number of hydrogen-bond acceptors (Lipinski definition) is 4. The maximum absolute atomic E-state index is 11.5. The fourth-order valence-corrected chi connectivity index (χ4v) is 2.36. The van der Waals surface area contributed by atoms with Crippen molar-refractivity contribution in [3.63, 3.8) is 0 Å². The summed E-state index contributed by atoms with van der Waals surface area (Å²) in [4.78, 5) is 15.8. The van der Waals surface area contributed by atoms with Gasteiger partial charge in [-0.1, -0.05) is 18.7 Å². The van der Waals surface area contributed by atoms with Crippen molar-refractivity contribution < 1.29 is 9.21 Å². The lowest BCUT2D eigenvalue weighted by Crippen LogP contribution is -2.25. The first-order chi connectivity index (χ1) is 9.29. The molecule has 0 saturated carbocycles. The van der Waals surface area contributed by atoms with Gasteiger partial charge >= 0.3 is 0 Å². The summed E-state index contributed by atoms with van der Waals surface area (Å²) < 4.78 is 7.27. The molecule has 19 heavy (non-hydrogen) atoms. The fourth-order valence-electron chi connectivity index (χ4n) is 1.57. The zero-order valence-electron chi connectivity index (χ0n) is 10.8. The molecule has 1 N–H and O–H groups in total. The Labute approximate surface area is 116 Å². The monoisotopic (exact) mass is 279 g/mol. The van der Waals surface area contributed by atoms with Crippen LogP contribution in [-0.4, -0.2) is 27.8 Å². The summed E-state index contributed by atoms with van der Waals surface area (Å²) in [5.41, 5.74) is 0. The minimum atomic E-state index is 0.0411. The molecule has 2 rings (SSSR count). The highest BCUT2D eigenvalue weighted by Crippen LogP contribution is 2.17. The molecule has 0 aromatic carbocycles. The second kappa shape index (κ2) is 7.04. The number of nitrogens with zero attached hydrogens (tertiary/aromatic N) is 2. The molecule has 5 nitrogen and oxygen atoms in total. The molecule has 2 aromatic heterocycles. The second-order valence-corrected chi connectivity index (χ2v) is 5.00. The second-order valence-electron chi connectivity index (χ2n) is 4.06. The summed E-state index contributed by atoms with van der Waals surface area (Å²) in [6.45, 7) is 3.38. The fraction of sp³-hybridized carbons (Fsp3) is 0.385. The van der Waals surface area contributed by atoms with E-state index in [4.69, 9.17) is 4.42 Å². The molecule has 0 aliphatic rings. The van der Waals surface area contributed by atoms with E-state index >= 15 is 0 Å². The smallest absolute Gasteiger partial charge is 0.230 e. The van der Waals surface area contributed by atoms with Crippen LogP contribution in [0.3, 0.4) is 0 Å². The van der Waals surface area contributed by atoms with Crippen molar-refractivity contribution in [3.8, 4) is 0 Å². The lowest BCUT2D eigenvalue weighted by molar-refractivity contribution is -0.118. The molecular formula is C13H17N3O2S. The summed E-state index contributed by atoms with van der Waals surface area (Å²) >= 11 is 1.43. The number of imidazole rings is 1. The first kappa shape index (κ1) is 13.7. The quantitative estimate of drug-likeness (QED) is 0.789. The Morgan fingerprint density at radius 3 is 3.21 bits per heavy atom. The van der Waals surface area contributed by atoms with Gasteiger partial charge in [-0.3, -0.25) is 4.79 Å². The Bertz CT molecular complexity index is 508. The van der Waals surface area contributed by atoms with E-state index in [2.05, 4.69) is 10.3 Å². The Morgan fingerprint density at radius 1 is 1.58 bits per heavy atom. The van der Waals surface area contributed by atoms with Gasteiger partial charge in [0.15, 0.2) is 5.16 Å². The van der Waals surface area contributed by atoms with Crippen LogP contribution in [0.5, 0.6) is 0 Å². The van der Waals surface area contributed by atoms with Crippen molar-refractivity contribution in [2.24, 2.45) is 0 Å². The maximum Gasteiger partial charge on any atom is 0.230 e. The third kappa shape index (κ3) is 4.17. The largest absolute Gasteiger partial charge is 0.467 e. The number of hydrogen-bond donors (Lipinski definition) is 1. The van der Waals surface area contributed by atoms with E-state index in [0.29, 0.717) is 12.3 Å². The summed E-state index contributed by atoms with van der Waals surface area (Å²) in [5, 5.41) is 3.67. The van der Waals surface area contributed by atoms with Gasteiger partial charge in [0.2, 0.25) is 5.91 Å². The highest BCUT2D eigenvalue weighted by molar-refractivity contribution is 7.99. The van der Waals surface area contributed by atoms with E-state index in [1.165, 1.54) is 11.8 Å². The Balaban J connectivity index is 1.87. The standard InChI is InChI=1S/C13H17N3O2S/c1-2-5-14-12(17)10-19-13-15-6-7-16(13)9-11-4-3-8-18-11/h3-4,6-8H,2,5,9-10H2,1H3,(H,14,17). The van der Waals surface area contributed by atoms with Gasteiger partial charge in [-0.15, -0.1) is 0 Å². The van der Waals surface area contributed by atoms with Crippen LogP contribution in [0, 0.1) is 0 Å². The third-order valence-electron chi connectivity index (χ3n) is 2.49. The molecule has 0 fully saturated rings. The SMILES string of the molecule is CCCNC(=O)CSc1nccn1Cc1ccco1. The van der Waals surface area contributed by atoms with Crippen molar-refractivity contribution in [2.45, 2.75) is 25.0 Å². The van der Waals surface area contributed by atoms with Gasteiger partial charge in [0.1, 0.15) is 5.76 Å². The zero-order chi connectivity index (χ0) is 13.5. The van der Waals surface area contributed by atoms with Crippen LogP contribution in [0.2, 0.25) is 0 Å². The molecule has 0 saturated heterocycles. The minimum absolute atomic E-state index is 0.0411. The number of thioether (sulfide) groups is 1. The van der Waals surface area contributed by atoms with Gasteiger partial charge in [0.05, 0.1) is 18.6 Å². The normalized spacial score (nSPS) is 10.6. The molecule has 102 valence electrons. The van der Waals surface area contributed by atoms with E-state index in [9.17, 15) is 4.79 Å². The molecule has 0 radical (unpaired) electrons. The molecule has 1 amide bonds. The van der Waals surface area contributed by atoms with E-state index in [0.717, 1.165) is 23.9 Å². The summed E-state index contributed by atoms with van der Waals surface area (Å²) in [6, 6.07) is 3.78. The van der Waals surface area contributed by atoms with Crippen LogP contribution in [0.1, 0.15) is 19.1 Å². The van der Waals surface area contributed by atoms with Crippen molar-refractivity contribution in [2.75, 3.05) is 12.3 Å². The van der Waals surface area contributed by atoms with E-state index in [1.54, 1.807) is 12.5 Å². The predicted molar refractivity (Wildman–Crippen MR) is 74.1 cm³/mol. The highest BCUT2D eigenvalue weighted by Gasteiger charge is 2.08. The topological polar surface area (TPSA) is 60.1 Å². The van der Waals surface area contributed by atoms with E-state index < -0.39 is 0 Å². The number of rotatable bonds is 7. The molecule has 2 aromatic rings. The third-order valence-corrected chi connectivity index (χ3v) is 3.49. The molecule has 0 bridgehead atoms. The molecule has 0 unspecified atom stereocenters. The van der Waals surface area contributed by atoms with Crippen LogP contribution in [-0.2, 0) is 11.3 Å². The lowest BCUT2D eigenvalue weighted by atomic mass is 10.4. The number of furan rings is 1. The molecule has 0 aliphatic heterocycles. The minimum Gasteiger partial charge on any atom is -0.467 e. The van der Waals surface area contributed by atoms with Gasteiger partial charge in [-0.25, -0.2) is 4.98 Å². The van der Waals surface area contributed by atoms with Gasteiger partial charge < -0.3 is 14.3 Å². The molecule has 6 heteroatoms. The number of carbonyl (C=O) groups is 1. The van der Waals surface area contributed by atoms with Crippen LogP contribution in [0.15, 0.2) is 40.4 Å².